The Balaban J connectivity index is 3.01. The van der Waals surface area contributed by atoms with Crippen molar-refractivity contribution in [3.05, 3.63) is 29.8 Å². The third-order valence-electron chi connectivity index (χ3n) is 3.09. The van der Waals surface area contributed by atoms with Crippen molar-refractivity contribution in [2.45, 2.75) is 18.1 Å². The van der Waals surface area contributed by atoms with Crippen LogP contribution in [0.3, 0.4) is 0 Å². The highest BCUT2D eigenvalue weighted by Gasteiger charge is 2.52. The lowest BCUT2D eigenvalue weighted by atomic mass is 9.92. The van der Waals surface area contributed by atoms with Crippen LogP contribution in [0.2, 0.25) is 0 Å². The predicted molar refractivity (Wildman–Crippen MR) is 81.2 cm³/mol. The van der Waals surface area contributed by atoms with E-state index >= 15 is 0 Å². The van der Waals surface area contributed by atoms with Crippen LogP contribution in [0.4, 0.5) is 0 Å². The average Bonchev–Trinajstić information content (AvgIpc) is 2.52. The number of aliphatic hydroxyl groups is 1. The number of esters is 1. The Labute approximate surface area is 145 Å². The van der Waals surface area contributed by atoms with Crippen LogP contribution in [0.15, 0.2) is 24.3 Å². The van der Waals surface area contributed by atoms with E-state index in [9.17, 15) is 29.4 Å². The Morgan fingerprint density at radius 3 is 2.15 bits per heavy atom. The third kappa shape index (κ3) is 4.95. The van der Waals surface area contributed by atoms with Gasteiger partial charge in [-0.25, -0.2) is 14.4 Å². The molecule has 1 aromatic carbocycles. The highest BCUT2D eigenvalue weighted by atomic mass is 16.6. The van der Waals surface area contributed by atoms with E-state index in [1.54, 1.807) is 0 Å². The monoisotopic (exact) mass is 370 g/mol. The zero-order valence-electron chi connectivity index (χ0n) is 12.9. The minimum atomic E-state index is -3.39. The zero-order chi connectivity index (χ0) is 20.1. The molecule has 0 radical (unpaired) electrons. The fourth-order valence-corrected chi connectivity index (χ4v) is 1.83. The largest absolute Gasteiger partial charge is 0.504 e. The minimum Gasteiger partial charge on any atom is -0.504 e. The summed E-state index contributed by atoms with van der Waals surface area (Å²) in [5, 5.41) is 54.9. The van der Waals surface area contributed by atoms with E-state index in [1.807, 2.05) is 0 Å². The second-order valence-electron chi connectivity index (χ2n) is 5.04. The molecule has 1 aromatic rings. The van der Waals surface area contributed by atoms with Crippen molar-refractivity contribution in [3.63, 3.8) is 0 Å². The normalized spacial score (nSPS) is 14.3. The van der Waals surface area contributed by atoms with Gasteiger partial charge in [0.05, 0.1) is 6.42 Å². The second-order valence-corrected chi connectivity index (χ2v) is 5.04. The van der Waals surface area contributed by atoms with Crippen LogP contribution >= 0.6 is 0 Å². The first-order chi connectivity index (χ1) is 12.0. The SMILES string of the molecule is O=C(O)C[C@@](O)(C(=O)O)[C@H](OC(=O)C=Cc1ccc(O)c(O)c1)C(=O)O. The van der Waals surface area contributed by atoms with Crippen molar-refractivity contribution in [1.29, 1.82) is 0 Å². The number of phenolic OH excluding ortho intramolecular Hbond substituents is 2. The van der Waals surface area contributed by atoms with Crippen LogP contribution in [-0.4, -0.2) is 66.2 Å². The van der Waals surface area contributed by atoms with Crippen molar-refractivity contribution in [1.82, 2.24) is 0 Å². The van der Waals surface area contributed by atoms with Gasteiger partial charge in [0.15, 0.2) is 11.5 Å². The zero-order valence-corrected chi connectivity index (χ0v) is 12.9. The van der Waals surface area contributed by atoms with Crippen LogP contribution in [0.5, 0.6) is 11.5 Å². The fourth-order valence-electron chi connectivity index (χ4n) is 1.83. The van der Waals surface area contributed by atoms with Crippen molar-refractivity contribution >= 4 is 30.0 Å². The molecule has 26 heavy (non-hydrogen) atoms. The molecule has 0 aromatic heterocycles. The minimum absolute atomic E-state index is 0.197. The molecule has 0 aliphatic carbocycles. The molecule has 0 fully saturated rings. The molecule has 6 N–H and O–H groups in total. The number of rotatable bonds is 8. The number of hydrogen-bond donors (Lipinski definition) is 6. The van der Waals surface area contributed by atoms with Gasteiger partial charge in [0.25, 0.3) is 0 Å². The van der Waals surface area contributed by atoms with Crippen molar-refractivity contribution in [3.8, 4) is 11.5 Å². The van der Waals surface area contributed by atoms with Crippen LogP contribution in [0.1, 0.15) is 12.0 Å². The Hall–Kier alpha value is -3.60. The molecule has 0 amide bonds. The van der Waals surface area contributed by atoms with Gasteiger partial charge in [0.2, 0.25) is 11.7 Å². The highest BCUT2D eigenvalue weighted by molar-refractivity contribution is 5.94. The fraction of sp³-hybridized carbons (Fsp3) is 0.200. The van der Waals surface area contributed by atoms with Crippen LogP contribution < -0.4 is 0 Å². The number of benzene rings is 1. The Morgan fingerprint density at radius 2 is 1.69 bits per heavy atom. The van der Waals surface area contributed by atoms with Gasteiger partial charge in [-0.05, 0) is 23.8 Å². The second kappa shape index (κ2) is 7.98. The average molecular weight is 370 g/mol. The van der Waals surface area contributed by atoms with Crippen LogP contribution in [0.25, 0.3) is 6.08 Å². The van der Waals surface area contributed by atoms with Gasteiger partial charge in [0.1, 0.15) is 0 Å². The Kier molecular flexibility index (Phi) is 6.28. The molecule has 0 saturated carbocycles. The Morgan fingerprint density at radius 1 is 1.08 bits per heavy atom. The molecule has 0 heterocycles. The summed E-state index contributed by atoms with van der Waals surface area (Å²) in [6.45, 7) is 0. The smallest absolute Gasteiger partial charge is 0.348 e. The van der Waals surface area contributed by atoms with Gasteiger partial charge in [-0.3, -0.25) is 4.79 Å². The van der Waals surface area contributed by atoms with E-state index in [2.05, 4.69) is 4.74 Å². The number of aromatic hydroxyl groups is 2. The number of carboxylic acids is 3. The van der Waals surface area contributed by atoms with E-state index < -0.39 is 53.5 Å². The first-order valence-electron chi connectivity index (χ1n) is 6.78. The van der Waals surface area contributed by atoms with Gasteiger partial charge in [-0.2, -0.15) is 0 Å². The quantitative estimate of drug-likeness (QED) is 0.194. The van der Waals surface area contributed by atoms with Crippen molar-refractivity contribution in [2.75, 3.05) is 0 Å². The molecule has 11 heteroatoms. The third-order valence-corrected chi connectivity index (χ3v) is 3.09. The molecule has 1 rings (SSSR count). The summed E-state index contributed by atoms with van der Waals surface area (Å²) >= 11 is 0. The lowest BCUT2D eigenvalue weighted by Crippen LogP contribution is -2.56. The number of aliphatic carboxylic acids is 3. The molecule has 0 spiro atoms. The van der Waals surface area contributed by atoms with Gasteiger partial charge < -0.3 is 35.4 Å². The van der Waals surface area contributed by atoms with Gasteiger partial charge >= 0.3 is 23.9 Å². The maximum absolute atomic E-state index is 11.7. The van der Waals surface area contributed by atoms with E-state index in [4.69, 9.17) is 20.4 Å². The number of phenols is 2. The summed E-state index contributed by atoms with van der Waals surface area (Å²) < 4.78 is 4.38. The van der Waals surface area contributed by atoms with Crippen molar-refractivity contribution in [2.24, 2.45) is 0 Å². The molecule has 11 nitrogen and oxygen atoms in total. The van der Waals surface area contributed by atoms with Crippen LogP contribution in [0, 0.1) is 0 Å². The molecule has 0 saturated heterocycles. The maximum Gasteiger partial charge on any atom is 0.348 e. The standard InChI is InChI=1S/C15H14O11/c16-8-3-1-7(5-9(8)17)2-4-11(20)26-12(13(21)22)15(25,14(23)24)6-10(18)19/h1-5,12,16-17,25H,6H2,(H,18,19)(H,21,22)(H,23,24)/t12-,15+/m1/s1. The van der Waals surface area contributed by atoms with Crippen LogP contribution in [-0.2, 0) is 23.9 Å². The van der Waals surface area contributed by atoms with Gasteiger partial charge in [0, 0.05) is 6.08 Å². The van der Waals surface area contributed by atoms with E-state index in [0.717, 1.165) is 18.2 Å². The number of carboxylic acid groups (broad SMARTS) is 3. The molecule has 0 bridgehead atoms. The number of hydrogen-bond acceptors (Lipinski definition) is 8. The van der Waals surface area contributed by atoms with Gasteiger partial charge in [-0.15, -0.1) is 0 Å². The topological polar surface area (TPSA) is 199 Å². The number of carbonyl (C=O) groups is 4. The highest BCUT2D eigenvalue weighted by Crippen LogP contribution is 2.25. The Bertz CT molecular complexity index is 767. The lowest BCUT2D eigenvalue weighted by molar-refractivity contribution is -0.195. The molecule has 0 unspecified atom stereocenters. The molecule has 140 valence electrons. The molecular formula is C15H14O11. The molecule has 0 aliphatic heterocycles. The number of ether oxygens (including phenoxy) is 1. The summed E-state index contributed by atoms with van der Waals surface area (Å²) in [6, 6.07) is 3.45. The summed E-state index contributed by atoms with van der Waals surface area (Å²) in [7, 11) is 0. The van der Waals surface area contributed by atoms with Crippen molar-refractivity contribution < 1.29 is 54.6 Å². The molecule has 0 aliphatic rings. The summed E-state index contributed by atoms with van der Waals surface area (Å²) in [4.78, 5) is 44.6. The maximum atomic E-state index is 11.7. The molecule has 2 atom stereocenters. The summed E-state index contributed by atoms with van der Waals surface area (Å²) in [6.07, 6.45) is -2.52. The van der Waals surface area contributed by atoms with Gasteiger partial charge in [-0.1, -0.05) is 6.07 Å². The summed E-state index contributed by atoms with van der Waals surface area (Å²) in [5.41, 5.74) is -3.19. The van der Waals surface area contributed by atoms with E-state index in [-0.39, 0.29) is 5.56 Å². The predicted octanol–water partition coefficient (Wildman–Crippen LogP) is -0.602. The molecular weight excluding hydrogens is 356 g/mol. The number of carbonyl (C=O) groups excluding carboxylic acids is 1. The first-order valence-corrected chi connectivity index (χ1v) is 6.78. The summed E-state index contributed by atoms with van der Waals surface area (Å²) in [5.74, 6) is -8.41. The lowest BCUT2D eigenvalue weighted by Gasteiger charge is -2.27. The first kappa shape index (κ1) is 20.4. The van der Waals surface area contributed by atoms with E-state index in [1.165, 1.54) is 6.07 Å². The van der Waals surface area contributed by atoms with E-state index in [0.29, 0.717) is 6.08 Å².